The van der Waals surface area contributed by atoms with E-state index in [4.69, 9.17) is 0 Å². The van der Waals surface area contributed by atoms with Gasteiger partial charge in [-0.15, -0.1) is 0 Å². The van der Waals surface area contributed by atoms with Crippen molar-refractivity contribution in [2.45, 2.75) is 0 Å². The van der Waals surface area contributed by atoms with E-state index in [1.807, 2.05) is 0 Å². The van der Waals surface area contributed by atoms with Gasteiger partial charge in [-0.1, -0.05) is 0 Å². The summed E-state index contributed by atoms with van der Waals surface area (Å²) in [5.41, 5.74) is 0. The van der Waals surface area contributed by atoms with Crippen molar-refractivity contribution in [2.75, 3.05) is 0 Å². The summed E-state index contributed by atoms with van der Waals surface area (Å²) in [4.78, 5) is 3.56. The summed E-state index contributed by atoms with van der Waals surface area (Å²) in [6.07, 6.45) is 2.96. The molecule has 0 spiro atoms. The van der Waals surface area contributed by atoms with Gasteiger partial charge in [0.1, 0.15) is 12.7 Å². The number of aromatic amines is 1. The summed E-state index contributed by atoms with van der Waals surface area (Å²) in [5, 5.41) is 5.99. The first-order valence-corrected chi connectivity index (χ1v) is 1.29. The molecule has 1 N–H and O–H groups in total. The van der Waals surface area contributed by atoms with Crippen LogP contribution in [0.5, 0.6) is 0 Å². The normalized spacial score (nSPS) is 6.67. The van der Waals surface area contributed by atoms with Crippen molar-refractivity contribution in [3.05, 3.63) is 12.7 Å². The third-order valence-corrected chi connectivity index (χ3v) is 0.331. The molecular formula is C2H4LiN3. The van der Waals surface area contributed by atoms with Gasteiger partial charge in [0.2, 0.25) is 0 Å². The van der Waals surface area contributed by atoms with Gasteiger partial charge < -0.3 is 1.43 Å². The van der Waals surface area contributed by atoms with Crippen LogP contribution in [0.4, 0.5) is 0 Å². The first-order valence-electron chi connectivity index (χ1n) is 1.29. The summed E-state index contributed by atoms with van der Waals surface area (Å²) in [6, 6.07) is 0. The van der Waals surface area contributed by atoms with Crippen LogP contribution in [-0.4, -0.2) is 15.2 Å². The largest absolute Gasteiger partial charge is 1.00 e. The number of hydrogen-bond acceptors (Lipinski definition) is 2. The standard InChI is InChI=1S/C2H3N3.Li.H/c1-3-2-5-4-1;;/h1-2H,(H,3,4,5);;/q;+1;-1. The Balaban J connectivity index is 0. The van der Waals surface area contributed by atoms with Gasteiger partial charge in [0.05, 0.1) is 0 Å². The predicted octanol–water partition coefficient (Wildman–Crippen LogP) is -3.08. The number of H-pyrrole nitrogens is 1. The second kappa shape index (κ2) is 2.95. The molecule has 0 aliphatic carbocycles. The molecule has 0 aliphatic rings. The van der Waals surface area contributed by atoms with Gasteiger partial charge in [-0.3, -0.25) is 5.10 Å². The number of rotatable bonds is 0. The molecule has 6 heavy (non-hydrogen) atoms. The van der Waals surface area contributed by atoms with Crippen molar-refractivity contribution in [2.24, 2.45) is 0 Å². The van der Waals surface area contributed by atoms with E-state index in [-0.39, 0.29) is 20.3 Å². The van der Waals surface area contributed by atoms with E-state index in [0.29, 0.717) is 0 Å². The van der Waals surface area contributed by atoms with Crippen molar-refractivity contribution in [3.63, 3.8) is 0 Å². The molecule has 1 aromatic heterocycles. The van der Waals surface area contributed by atoms with Crippen molar-refractivity contribution in [3.8, 4) is 0 Å². The first kappa shape index (κ1) is 5.74. The molecule has 0 radical (unpaired) electrons. The van der Waals surface area contributed by atoms with Crippen LogP contribution in [0.2, 0.25) is 0 Å². The molecule has 28 valence electrons. The van der Waals surface area contributed by atoms with Crippen LogP contribution >= 0.6 is 0 Å². The molecule has 0 bridgehead atoms. The summed E-state index contributed by atoms with van der Waals surface area (Å²) in [6.45, 7) is 0. The molecule has 3 nitrogen and oxygen atoms in total. The number of nitrogens with zero attached hydrogens (tertiary/aromatic N) is 2. The second-order valence-electron chi connectivity index (χ2n) is 0.652. The fourth-order valence-corrected chi connectivity index (χ4v) is 0.167. The average molecular weight is 77.0 g/mol. The number of aromatic nitrogens is 3. The summed E-state index contributed by atoms with van der Waals surface area (Å²) >= 11 is 0. The molecular weight excluding hydrogens is 73.0 g/mol. The van der Waals surface area contributed by atoms with Gasteiger partial charge in [-0.25, -0.2) is 4.98 Å². The van der Waals surface area contributed by atoms with E-state index >= 15 is 0 Å². The minimum atomic E-state index is 0. The van der Waals surface area contributed by atoms with E-state index in [1.165, 1.54) is 12.7 Å². The molecule has 1 heterocycles. The Morgan fingerprint density at radius 3 is 2.67 bits per heavy atom. The van der Waals surface area contributed by atoms with Crippen LogP contribution in [-0.2, 0) is 0 Å². The van der Waals surface area contributed by atoms with E-state index in [0.717, 1.165) is 0 Å². The molecule has 4 heteroatoms. The summed E-state index contributed by atoms with van der Waals surface area (Å²) < 4.78 is 0. The van der Waals surface area contributed by atoms with Crippen LogP contribution < -0.4 is 18.9 Å². The maximum Gasteiger partial charge on any atom is 1.00 e. The Bertz CT molecular complexity index is 69.4. The second-order valence-corrected chi connectivity index (χ2v) is 0.652. The molecule has 0 aliphatic heterocycles. The van der Waals surface area contributed by atoms with Crippen LogP contribution in [0.15, 0.2) is 12.7 Å². The van der Waals surface area contributed by atoms with Gasteiger partial charge in [0.15, 0.2) is 0 Å². The SMILES string of the molecule is [H-].[Li+].c1nc[nH]n1. The molecule has 0 fully saturated rings. The zero-order valence-corrected chi connectivity index (χ0v) is 3.55. The Hall–Kier alpha value is -0.263. The minimum absolute atomic E-state index is 0. The first-order chi connectivity index (χ1) is 2.50. The Morgan fingerprint density at radius 2 is 2.50 bits per heavy atom. The van der Waals surface area contributed by atoms with E-state index in [9.17, 15) is 0 Å². The molecule has 0 unspecified atom stereocenters. The van der Waals surface area contributed by atoms with Crippen molar-refractivity contribution < 1.29 is 20.3 Å². The van der Waals surface area contributed by atoms with Crippen molar-refractivity contribution >= 4 is 0 Å². The maximum atomic E-state index is 3.56. The molecule has 0 saturated carbocycles. The third-order valence-electron chi connectivity index (χ3n) is 0.331. The zero-order chi connectivity index (χ0) is 3.54. The summed E-state index contributed by atoms with van der Waals surface area (Å²) in [7, 11) is 0. The van der Waals surface area contributed by atoms with Crippen molar-refractivity contribution in [1.29, 1.82) is 0 Å². The van der Waals surface area contributed by atoms with Gasteiger partial charge in [-0.05, 0) is 0 Å². The Morgan fingerprint density at radius 1 is 1.67 bits per heavy atom. The van der Waals surface area contributed by atoms with Crippen LogP contribution in [0.25, 0.3) is 0 Å². The van der Waals surface area contributed by atoms with E-state index in [2.05, 4.69) is 15.2 Å². The monoisotopic (exact) mass is 77.1 g/mol. The Labute approximate surface area is 48.8 Å². The quantitative estimate of drug-likeness (QED) is 0.334. The number of nitrogens with one attached hydrogen (secondary N) is 1. The van der Waals surface area contributed by atoms with Gasteiger partial charge >= 0.3 is 18.9 Å². The third kappa shape index (κ3) is 1.25. The summed E-state index contributed by atoms with van der Waals surface area (Å²) in [5.74, 6) is 0. The van der Waals surface area contributed by atoms with Crippen LogP contribution in [0, 0.1) is 0 Å². The van der Waals surface area contributed by atoms with Gasteiger partial charge in [-0.2, -0.15) is 5.10 Å². The minimum Gasteiger partial charge on any atom is -1.00 e. The molecule has 1 aromatic rings. The van der Waals surface area contributed by atoms with Crippen LogP contribution in [0.3, 0.4) is 0 Å². The molecule has 0 aromatic carbocycles. The molecule has 0 amide bonds. The maximum absolute atomic E-state index is 3.56. The molecule has 1 rings (SSSR count). The van der Waals surface area contributed by atoms with Crippen LogP contribution in [0.1, 0.15) is 1.43 Å². The Kier molecular flexibility index (Phi) is 2.82. The van der Waals surface area contributed by atoms with E-state index < -0.39 is 0 Å². The van der Waals surface area contributed by atoms with E-state index in [1.54, 1.807) is 0 Å². The topological polar surface area (TPSA) is 41.6 Å². The van der Waals surface area contributed by atoms with Crippen molar-refractivity contribution in [1.82, 2.24) is 15.2 Å². The molecule has 0 saturated heterocycles. The van der Waals surface area contributed by atoms with Gasteiger partial charge in [0.25, 0.3) is 0 Å². The smallest absolute Gasteiger partial charge is 1.00 e. The zero-order valence-electron chi connectivity index (χ0n) is 4.55. The fourth-order valence-electron chi connectivity index (χ4n) is 0.167. The number of hydrogen-bond donors (Lipinski definition) is 1. The van der Waals surface area contributed by atoms with Gasteiger partial charge in [0, 0.05) is 0 Å². The fraction of sp³-hybridized carbons (Fsp3) is 0. The average Bonchev–Trinajstić information content (AvgIpc) is 1.76. The predicted molar refractivity (Wildman–Crippen MR) is 17.5 cm³/mol. The molecule has 0 atom stereocenters.